The van der Waals surface area contributed by atoms with E-state index >= 15 is 0 Å². The molecule has 0 aromatic carbocycles. The Hall–Kier alpha value is -0.0500. The second-order valence-electron chi connectivity index (χ2n) is 4.93. The van der Waals surface area contributed by atoms with Gasteiger partial charge in [0.1, 0.15) is 0 Å². The van der Waals surface area contributed by atoms with Crippen molar-refractivity contribution in [2.45, 2.75) is 32.6 Å². The van der Waals surface area contributed by atoms with E-state index in [2.05, 4.69) is 13.0 Å². The van der Waals surface area contributed by atoms with Crippen molar-refractivity contribution in [3.8, 4) is 0 Å². The minimum atomic E-state index is 0.355. The van der Waals surface area contributed by atoms with E-state index in [0.29, 0.717) is 5.41 Å². The van der Waals surface area contributed by atoms with E-state index in [-0.39, 0.29) is 0 Å². The molecule has 2 unspecified atom stereocenters. The van der Waals surface area contributed by atoms with Gasteiger partial charge in [0.15, 0.2) is 0 Å². The summed E-state index contributed by atoms with van der Waals surface area (Å²) in [5, 5.41) is 0. The Balaban J connectivity index is 2.08. The second-order valence-corrected chi connectivity index (χ2v) is 6.73. The highest BCUT2D eigenvalue weighted by Crippen LogP contribution is 2.44. The van der Waals surface area contributed by atoms with Gasteiger partial charge in [0, 0.05) is 4.88 Å². The van der Waals surface area contributed by atoms with E-state index in [9.17, 15) is 0 Å². The van der Waals surface area contributed by atoms with Gasteiger partial charge >= 0.3 is 0 Å². The van der Waals surface area contributed by atoms with E-state index in [1.165, 1.54) is 24.1 Å². The smallest absolute Gasteiger partial charge is 0.0931 e. The Bertz CT molecular complexity index is 336. The highest BCUT2D eigenvalue weighted by Gasteiger charge is 2.36. The van der Waals surface area contributed by atoms with Crippen molar-refractivity contribution in [1.29, 1.82) is 0 Å². The predicted molar refractivity (Wildman–Crippen MR) is 67.5 cm³/mol. The quantitative estimate of drug-likeness (QED) is 0.861. The molecule has 1 aliphatic carbocycles. The first-order valence-electron chi connectivity index (χ1n) is 5.58. The number of hydrogen-bond donors (Lipinski definition) is 1. The molecule has 0 spiro atoms. The molecule has 3 heteroatoms. The summed E-state index contributed by atoms with van der Waals surface area (Å²) in [5.41, 5.74) is 6.31. The van der Waals surface area contributed by atoms with Crippen LogP contribution < -0.4 is 5.73 Å². The zero-order valence-electron chi connectivity index (χ0n) is 9.13. The molecule has 1 aliphatic rings. The van der Waals surface area contributed by atoms with E-state index in [1.807, 2.05) is 6.07 Å². The highest BCUT2D eigenvalue weighted by atomic mass is 35.5. The van der Waals surface area contributed by atoms with E-state index in [1.54, 1.807) is 11.3 Å². The van der Waals surface area contributed by atoms with Crippen molar-refractivity contribution in [2.75, 3.05) is 6.54 Å². The van der Waals surface area contributed by atoms with Gasteiger partial charge in [-0.1, -0.05) is 24.9 Å². The lowest BCUT2D eigenvalue weighted by Gasteiger charge is -2.26. The van der Waals surface area contributed by atoms with Crippen molar-refractivity contribution >= 4 is 22.9 Å². The second kappa shape index (κ2) is 4.44. The predicted octanol–water partition coefficient (Wildman–Crippen LogP) is 3.71. The van der Waals surface area contributed by atoms with E-state index in [4.69, 9.17) is 17.3 Å². The number of halogens is 1. The normalized spacial score (nSPS) is 31.0. The summed E-state index contributed by atoms with van der Waals surface area (Å²) >= 11 is 7.65. The van der Waals surface area contributed by atoms with Gasteiger partial charge in [0.05, 0.1) is 4.34 Å². The molecular weight excluding hydrogens is 226 g/mol. The van der Waals surface area contributed by atoms with E-state index < -0.39 is 0 Å². The molecule has 0 saturated heterocycles. The monoisotopic (exact) mass is 243 g/mol. The molecule has 84 valence electrons. The Kier molecular flexibility index (Phi) is 3.39. The molecule has 1 aromatic heterocycles. The lowest BCUT2D eigenvalue weighted by Crippen LogP contribution is -2.29. The first kappa shape index (κ1) is 11.4. The van der Waals surface area contributed by atoms with Gasteiger partial charge in [-0.2, -0.15) is 0 Å². The molecular formula is C12H18ClNS. The maximum Gasteiger partial charge on any atom is 0.0931 e. The average Bonchev–Trinajstić information content (AvgIpc) is 2.75. The molecule has 1 heterocycles. The number of nitrogens with two attached hydrogens (primary N) is 1. The third-order valence-corrected chi connectivity index (χ3v) is 4.79. The summed E-state index contributed by atoms with van der Waals surface area (Å²) in [4.78, 5) is 1.39. The zero-order valence-corrected chi connectivity index (χ0v) is 10.7. The molecule has 1 nitrogen and oxygen atoms in total. The van der Waals surface area contributed by atoms with Crippen molar-refractivity contribution < 1.29 is 0 Å². The summed E-state index contributed by atoms with van der Waals surface area (Å²) in [5.74, 6) is 0.837. The van der Waals surface area contributed by atoms with Crippen LogP contribution in [0.2, 0.25) is 4.34 Å². The lowest BCUT2D eigenvalue weighted by molar-refractivity contribution is 0.298. The minimum absolute atomic E-state index is 0.355. The van der Waals surface area contributed by atoms with Gasteiger partial charge < -0.3 is 5.73 Å². The van der Waals surface area contributed by atoms with Crippen molar-refractivity contribution in [3.63, 3.8) is 0 Å². The SMILES string of the molecule is CC1CCC(CN)(Cc2ccc(Cl)s2)C1. The van der Waals surface area contributed by atoms with Crippen LogP contribution >= 0.6 is 22.9 Å². The molecule has 0 bridgehead atoms. The molecule has 0 amide bonds. The fourth-order valence-corrected chi connectivity index (χ4v) is 3.99. The van der Waals surface area contributed by atoms with Gasteiger partial charge in [0.25, 0.3) is 0 Å². The van der Waals surface area contributed by atoms with Crippen LogP contribution in [-0.2, 0) is 6.42 Å². The van der Waals surface area contributed by atoms with Crippen LogP contribution in [0.5, 0.6) is 0 Å². The Morgan fingerprint density at radius 2 is 2.40 bits per heavy atom. The van der Waals surface area contributed by atoms with Crippen LogP contribution in [0.15, 0.2) is 12.1 Å². The van der Waals surface area contributed by atoms with Crippen LogP contribution in [0, 0.1) is 11.3 Å². The fourth-order valence-electron chi connectivity index (χ4n) is 2.73. The maximum atomic E-state index is 5.96. The van der Waals surface area contributed by atoms with Gasteiger partial charge in [-0.05, 0) is 49.3 Å². The van der Waals surface area contributed by atoms with Crippen LogP contribution in [0.4, 0.5) is 0 Å². The largest absolute Gasteiger partial charge is 0.330 e. The molecule has 2 N–H and O–H groups in total. The van der Waals surface area contributed by atoms with Crippen molar-refractivity contribution in [1.82, 2.24) is 0 Å². The van der Waals surface area contributed by atoms with Crippen LogP contribution in [0.25, 0.3) is 0 Å². The third-order valence-electron chi connectivity index (χ3n) is 3.56. The first-order chi connectivity index (χ1) is 7.13. The number of thiophene rings is 1. The maximum absolute atomic E-state index is 5.96. The Morgan fingerprint density at radius 3 is 2.87 bits per heavy atom. The van der Waals surface area contributed by atoms with Gasteiger partial charge in [-0.25, -0.2) is 0 Å². The average molecular weight is 244 g/mol. The summed E-state index contributed by atoms with van der Waals surface area (Å²) in [6, 6.07) is 4.14. The summed E-state index contributed by atoms with van der Waals surface area (Å²) in [6.45, 7) is 3.14. The molecule has 2 rings (SSSR count). The highest BCUT2D eigenvalue weighted by molar-refractivity contribution is 7.16. The minimum Gasteiger partial charge on any atom is -0.330 e. The van der Waals surface area contributed by atoms with E-state index in [0.717, 1.165) is 23.2 Å². The zero-order chi connectivity index (χ0) is 10.9. The van der Waals surface area contributed by atoms with Crippen LogP contribution in [-0.4, -0.2) is 6.54 Å². The fraction of sp³-hybridized carbons (Fsp3) is 0.667. The summed E-state index contributed by atoms with van der Waals surface area (Å²) in [7, 11) is 0. The molecule has 1 saturated carbocycles. The van der Waals surface area contributed by atoms with Gasteiger partial charge in [-0.15, -0.1) is 11.3 Å². The molecule has 2 atom stereocenters. The molecule has 0 aliphatic heterocycles. The molecule has 15 heavy (non-hydrogen) atoms. The standard InChI is InChI=1S/C12H18ClNS/c1-9-4-5-12(6-9,8-14)7-10-2-3-11(13)15-10/h2-3,9H,4-8,14H2,1H3. The van der Waals surface area contributed by atoms with Crippen LogP contribution in [0.3, 0.4) is 0 Å². The van der Waals surface area contributed by atoms with Crippen molar-refractivity contribution in [3.05, 3.63) is 21.3 Å². The Labute approximate surface area is 101 Å². The molecule has 1 aromatic rings. The lowest BCUT2D eigenvalue weighted by atomic mass is 9.81. The number of rotatable bonds is 3. The number of hydrogen-bond acceptors (Lipinski definition) is 2. The summed E-state index contributed by atoms with van der Waals surface area (Å²) < 4.78 is 0.892. The van der Waals surface area contributed by atoms with Gasteiger partial charge in [-0.3, -0.25) is 0 Å². The topological polar surface area (TPSA) is 26.0 Å². The summed E-state index contributed by atoms with van der Waals surface area (Å²) in [6.07, 6.45) is 5.00. The molecule has 0 radical (unpaired) electrons. The van der Waals surface area contributed by atoms with Gasteiger partial charge in [0.2, 0.25) is 0 Å². The Morgan fingerprint density at radius 1 is 1.60 bits per heavy atom. The van der Waals surface area contributed by atoms with Crippen LogP contribution in [0.1, 0.15) is 31.1 Å². The van der Waals surface area contributed by atoms with Crippen molar-refractivity contribution in [2.24, 2.45) is 17.1 Å². The first-order valence-corrected chi connectivity index (χ1v) is 6.77. The third kappa shape index (κ3) is 2.55. The molecule has 1 fully saturated rings.